The summed E-state index contributed by atoms with van der Waals surface area (Å²) in [7, 11) is 0. The van der Waals surface area contributed by atoms with Gasteiger partial charge in [0.1, 0.15) is 0 Å². The van der Waals surface area contributed by atoms with E-state index >= 15 is 0 Å². The molecular weight excluding hydrogens is 114 g/mol. The molecule has 0 aliphatic rings. The van der Waals surface area contributed by atoms with Crippen molar-refractivity contribution in [1.82, 2.24) is 10.6 Å². The third-order valence-electron chi connectivity index (χ3n) is 0.296. The summed E-state index contributed by atoms with van der Waals surface area (Å²) in [6.07, 6.45) is -0.398. The van der Waals surface area contributed by atoms with Gasteiger partial charge in [0.15, 0.2) is 0 Å². The Morgan fingerprint density at radius 3 is 2.50 bits per heavy atom. The number of carboxylic acid groups (broad SMARTS) is 1. The van der Waals surface area contributed by atoms with E-state index in [1.165, 1.54) is 5.43 Å². The van der Waals surface area contributed by atoms with E-state index in [9.17, 15) is 4.79 Å². The molecule has 0 heterocycles. The molecule has 0 radical (unpaired) electrons. The highest BCUT2D eigenvalue weighted by Crippen LogP contribution is 1.65. The highest BCUT2D eigenvalue weighted by atomic mass is 16.6. The van der Waals surface area contributed by atoms with Crippen LogP contribution in [-0.2, 0) is 0 Å². The number of hydrazine groups is 1. The Balaban J connectivity index is 3.43. The Hall–Kier alpha value is -1.48. The third-order valence-corrected chi connectivity index (χ3v) is 0.296. The second-order valence-electron chi connectivity index (χ2n) is 0.829. The van der Waals surface area contributed by atoms with Gasteiger partial charge in [-0.3, -0.25) is 5.21 Å². The molecule has 0 fully saturated rings. The number of carbonyl (C=O) groups is 1. The van der Waals surface area contributed by atoms with E-state index in [0.29, 0.717) is 0 Å². The Labute approximate surface area is 44.5 Å². The maximum Gasteiger partial charge on any atom is 0.426 e. The topological polar surface area (TPSA) is 96.6 Å². The zero-order valence-corrected chi connectivity index (χ0v) is 3.70. The van der Waals surface area contributed by atoms with Crippen LogP contribution in [0.5, 0.6) is 0 Å². The van der Waals surface area contributed by atoms with Crippen LogP contribution in [0.25, 0.3) is 0 Å². The van der Waals surface area contributed by atoms with Crippen molar-refractivity contribution in [3.8, 4) is 6.19 Å². The summed E-state index contributed by atoms with van der Waals surface area (Å²) < 4.78 is 0. The zero-order chi connectivity index (χ0) is 6.57. The van der Waals surface area contributed by atoms with E-state index in [1.807, 2.05) is 0 Å². The molecule has 0 aliphatic carbocycles. The van der Waals surface area contributed by atoms with E-state index in [1.54, 1.807) is 0 Å². The van der Waals surface area contributed by atoms with Gasteiger partial charge in [-0.15, -0.1) is 0 Å². The highest BCUT2D eigenvalue weighted by Gasteiger charge is 1.96. The first-order valence-corrected chi connectivity index (χ1v) is 1.55. The van der Waals surface area contributed by atoms with Crippen molar-refractivity contribution in [2.45, 2.75) is 0 Å². The second kappa shape index (κ2) is 2.65. The van der Waals surface area contributed by atoms with Gasteiger partial charge in [0, 0.05) is 0 Å². The quantitative estimate of drug-likeness (QED) is 0.240. The van der Waals surface area contributed by atoms with Gasteiger partial charge in [0.2, 0.25) is 6.19 Å². The first-order chi connectivity index (χ1) is 3.66. The largest absolute Gasteiger partial charge is 0.464 e. The van der Waals surface area contributed by atoms with Crippen LogP contribution in [0.2, 0.25) is 0 Å². The van der Waals surface area contributed by atoms with Crippen molar-refractivity contribution in [2.24, 2.45) is 0 Å². The molecule has 0 saturated carbocycles. The molecule has 6 nitrogen and oxygen atoms in total. The van der Waals surface area contributed by atoms with E-state index in [-0.39, 0.29) is 5.17 Å². The minimum Gasteiger partial charge on any atom is -0.464 e. The Bertz CT molecular complexity index is 127. The van der Waals surface area contributed by atoms with Gasteiger partial charge >= 0.3 is 6.09 Å². The molecule has 0 saturated heterocycles. The van der Waals surface area contributed by atoms with Crippen molar-refractivity contribution in [3.63, 3.8) is 0 Å². The molecule has 3 N–H and O–H groups in total. The molecule has 6 heteroatoms. The molecule has 0 aromatic rings. The van der Waals surface area contributed by atoms with E-state index in [0.717, 1.165) is 6.19 Å². The Morgan fingerprint density at radius 1 is 1.88 bits per heavy atom. The lowest BCUT2D eigenvalue weighted by molar-refractivity contribution is -0.0700. The molecule has 0 rings (SSSR count). The van der Waals surface area contributed by atoms with Crippen LogP contribution in [0, 0.1) is 11.5 Å². The average molecular weight is 117 g/mol. The summed E-state index contributed by atoms with van der Waals surface area (Å²) in [5.74, 6) is 0. The summed E-state index contributed by atoms with van der Waals surface area (Å²) in [4.78, 5) is 9.50. The Morgan fingerprint density at radius 2 is 2.38 bits per heavy atom. The number of hydrogen-bond acceptors (Lipinski definition) is 4. The standard InChI is InChI=1S/C2H3N3O3/c3-1-5(8)4-2(6)7/h4,8H,(H,6,7). The second-order valence-corrected chi connectivity index (χ2v) is 0.829. The van der Waals surface area contributed by atoms with Crippen LogP contribution >= 0.6 is 0 Å². The lowest BCUT2D eigenvalue weighted by Gasteiger charge is -2.01. The van der Waals surface area contributed by atoms with Crippen molar-refractivity contribution in [3.05, 3.63) is 0 Å². The molecule has 0 unspecified atom stereocenters. The first-order valence-electron chi connectivity index (χ1n) is 1.55. The molecule has 0 aromatic carbocycles. The minimum absolute atomic E-state index is 0.220. The number of nitrogens with one attached hydrogen (secondary N) is 1. The average Bonchev–Trinajstić information content (AvgIpc) is 1.65. The molecule has 0 aliphatic heterocycles. The molecule has 0 spiro atoms. The molecule has 0 bridgehead atoms. The fraction of sp³-hybridized carbons (Fsp3) is 0. The summed E-state index contributed by atoms with van der Waals surface area (Å²) in [5.41, 5.74) is 1.34. The fourth-order valence-electron chi connectivity index (χ4n) is 0.116. The number of hydrogen-bond donors (Lipinski definition) is 3. The number of nitriles is 1. The molecule has 44 valence electrons. The summed E-state index contributed by atoms with van der Waals surface area (Å²) in [6, 6.07) is 0. The predicted octanol–water partition coefficient (Wildman–Crippen LogP) is -0.659. The zero-order valence-electron chi connectivity index (χ0n) is 3.70. The normalized spacial score (nSPS) is 7.00. The smallest absolute Gasteiger partial charge is 0.426 e. The van der Waals surface area contributed by atoms with Gasteiger partial charge in [-0.05, 0) is 0 Å². The summed E-state index contributed by atoms with van der Waals surface area (Å²) in [6.45, 7) is 0. The van der Waals surface area contributed by atoms with Crippen LogP contribution in [-0.4, -0.2) is 21.6 Å². The van der Waals surface area contributed by atoms with Crippen LogP contribution in [0.4, 0.5) is 4.79 Å². The lowest BCUT2D eigenvalue weighted by atomic mass is 11.2. The van der Waals surface area contributed by atoms with Crippen LogP contribution in [0.3, 0.4) is 0 Å². The monoisotopic (exact) mass is 117 g/mol. The van der Waals surface area contributed by atoms with Gasteiger partial charge in [-0.1, -0.05) is 5.17 Å². The maximum absolute atomic E-state index is 9.50. The highest BCUT2D eigenvalue weighted by molar-refractivity contribution is 5.63. The molecule has 8 heavy (non-hydrogen) atoms. The Kier molecular flexibility index (Phi) is 2.16. The predicted molar refractivity (Wildman–Crippen MR) is 20.4 cm³/mol. The van der Waals surface area contributed by atoms with Gasteiger partial charge in [0.05, 0.1) is 0 Å². The SMILES string of the molecule is N#CN(O)NC(=O)O. The van der Waals surface area contributed by atoms with E-state index in [2.05, 4.69) is 0 Å². The summed E-state index contributed by atoms with van der Waals surface area (Å²) >= 11 is 0. The van der Waals surface area contributed by atoms with Crippen molar-refractivity contribution in [1.29, 1.82) is 5.26 Å². The van der Waals surface area contributed by atoms with Crippen molar-refractivity contribution in [2.75, 3.05) is 0 Å². The van der Waals surface area contributed by atoms with Crippen molar-refractivity contribution >= 4 is 6.09 Å². The van der Waals surface area contributed by atoms with Gasteiger partial charge < -0.3 is 5.11 Å². The van der Waals surface area contributed by atoms with E-state index < -0.39 is 6.09 Å². The molecule has 0 atom stereocenters. The minimum atomic E-state index is -1.49. The summed E-state index contributed by atoms with van der Waals surface area (Å²) in [5, 5.41) is 23.2. The third kappa shape index (κ3) is 2.74. The number of hydroxylamine groups is 1. The first kappa shape index (κ1) is 6.52. The number of rotatable bonds is 1. The lowest BCUT2D eigenvalue weighted by Crippen LogP contribution is -2.34. The molecule has 1 amide bonds. The van der Waals surface area contributed by atoms with Crippen LogP contribution < -0.4 is 5.43 Å². The number of nitrogens with zero attached hydrogens (tertiary/aromatic N) is 2. The number of amides is 1. The van der Waals surface area contributed by atoms with E-state index in [4.69, 9.17) is 15.6 Å². The van der Waals surface area contributed by atoms with Gasteiger partial charge in [-0.2, -0.15) is 10.7 Å². The maximum atomic E-state index is 9.50. The van der Waals surface area contributed by atoms with Gasteiger partial charge in [0.25, 0.3) is 0 Å². The molecular formula is C2H3N3O3. The van der Waals surface area contributed by atoms with Crippen LogP contribution in [0.1, 0.15) is 0 Å². The van der Waals surface area contributed by atoms with Gasteiger partial charge in [-0.25, -0.2) is 4.79 Å². The van der Waals surface area contributed by atoms with Crippen LogP contribution in [0.15, 0.2) is 0 Å². The molecule has 0 aromatic heterocycles. The fourth-order valence-corrected chi connectivity index (χ4v) is 0.116. The van der Waals surface area contributed by atoms with Crippen molar-refractivity contribution < 1.29 is 15.1 Å².